The van der Waals surface area contributed by atoms with Crippen LogP contribution in [0.2, 0.25) is 0 Å². The normalized spacial score (nSPS) is 31.6. The minimum Gasteiger partial charge on any atom is -0.460 e. The van der Waals surface area contributed by atoms with E-state index in [4.69, 9.17) is 23.8 Å². The average molecular weight is 844 g/mol. The van der Waals surface area contributed by atoms with E-state index in [-0.39, 0.29) is 38.3 Å². The fourth-order valence-corrected chi connectivity index (χ4v) is 9.61. The number of hydroxylamine groups is 2. The number of amides is 2. The molecular formula is C39H46IN3O10. The van der Waals surface area contributed by atoms with Gasteiger partial charge >= 0.3 is 11.9 Å². The van der Waals surface area contributed by atoms with Crippen LogP contribution in [0.4, 0.5) is 0 Å². The van der Waals surface area contributed by atoms with Gasteiger partial charge in [0.1, 0.15) is 41.5 Å². The van der Waals surface area contributed by atoms with Crippen molar-refractivity contribution in [3.63, 3.8) is 0 Å². The van der Waals surface area contributed by atoms with Crippen LogP contribution in [-0.4, -0.2) is 106 Å². The van der Waals surface area contributed by atoms with E-state index in [0.717, 1.165) is 20.3 Å². The molecule has 4 aliphatic heterocycles. The van der Waals surface area contributed by atoms with Crippen molar-refractivity contribution in [3.8, 4) is 0 Å². The summed E-state index contributed by atoms with van der Waals surface area (Å²) < 4.78 is 26.2. The predicted octanol–water partition coefficient (Wildman–Crippen LogP) is 2.96. The number of halogens is 1. The van der Waals surface area contributed by atoms with Gasteiger partial charge in [-0.25, -0.2) is 0 Å². The van der Waals surface area contributed by atoms with Crippen LogP contribution in [0.5, 0.6) is 0 Å². The summed E-state index contributed by atoms with van der Waals surface area (Å²) in [5.41, 5.74) is 1.08. The summed E-state index contributed by atoms with van der Waals surface area (Å²) in [6.07, 6.45) is -0.639. The van der Waals surface area contributed by atoms with Gasteiger partial charge in [-0.1, -0.05) is 36.4 Å². The van der Waals surface area contributed by atoms with Gasteiger partial charge in [0.15, 0.2) is 11.8 Å². The second-order valence-corrected chi connectivity index (χ2v) is 17.5. The summed E-state index contributed by atoms with van der Waals surface area (Å²) >= 11 is 2.24. The molecule has 2 N–H and O–H groups in total. The molecule has 0 unspecified atom stereocenters. The molecule has 6 aliphatic rings. The highest BCUT2D eigenvalue weighted by Crippen LogP contribution is 2.59. The highest BCUT2D eigenvalue weighted by molar-refractivity contribution is 14.1. The van der Waals surface area contributed by atoms with Crippen molar-refractivity contribution in [2.75, 3.05) is 13.2 Å². The first-order chi connectivity index (χ1) is 25.3. The number of benzene rings is 2. The van der Waals surface area contributed by atoms with E-state index in [9.17, 15) is 19.5 Å². The Kier molecular flexibility index (Phi) is 9.62. The number of likely N-dealkylation sites (tertiary alicyclic amines) is 1. The van der Waals surface area contributed by atoms with Gasteiger partial charge in [0, 0.05) is 35.8 Å². The maximum absolute atomic E-state index is 15.3. The number of nitrogens with zero attached hydrogens (tertiary/aromatic N) is 2. The Morgan fingerprint density at radius 2 is 1.75 bits per heavy atom. The monoisotopic (exact) mass is 843 g/mol. The molecule has 2 aromatic rings. The van der Waals surface area contributed by atoms with E-state index in [1.807, 2.05) is 36.4 Å². The van der Waals surface area contributed by atoms with Crippen molar-refractivity contribution >= 4 is 46.3 Å². The second-order valence-electron chi connectivity index (χ2n) is 16.2. The van der Waals surface area contributed by atoms with Crippen molar-refractivity contribution in [2.24, 2.45) is 5.41 Å². The van der Waals surface area contributed by atoms with Crippen molar-refractivity contribution in [2.45, 2.75) is 126 Å². The number of carbonyl (C=O) groups excluding carboxylic acids is 4. The number of nitrogens with one attached hydrogen (secondary N) is 1. The summed E-state index contributed by atoms with van der Waals surface area (Å²) in [5.74, 6) is -2.76. The number of carbonyl (C=O) groups is 4. The molecule has 8 rings (SSSR count). The third-order valence-corrected chi connectivity index (χ3v) is 12.2. The largest absolute Gasteiger partial charge is 0.460 e. The van der Waals surface area contributed by atoms with Gasteiger partial charge < -0.3 is 34.3 Å². The lowest BCUT2D eigenvalue weighted by Gasteiger charge is -2.50. The third kappa shape index (κ3) is 6.66. The van der Waals surface area contributed by atoms with Crippen LogP contribution in [0.25, 0.3) is 0 Å². The maximum atomic E-state index is 15.3. The molecule has 0 radical (unpaired) electrons. The molecule has 2 aromatic carbocycles. The molecule has 4 heterocycles. The molecule has 14 heteroatoms. The van der Waals surface area contributed by atoms with E-state index in [1.165, 1.54) is 0 Å². The summed E-state index contributed by atoms with van der Waals surface area (Å²) in [4.78, 5) is 64.0. The molecule has 53 heavy (non-hydrogen) atoms. The lowest BCUT2D eigenvalue weighted by atomic mass is 9.62. The number of esters is 2. The lowest BCUT2D eigenvalue weighted by molar-refractivity contribution is -0.218. The molecule has 284 valence electrons. The van der Waals surface area contributed by atoms with Crippen molar-refractivity contribution in [3.05, 3.63) is 68.8 Å². The quantitative estimate of drug-likeness (QED) is 0.283. The molecule has 2 amide bonds. The minimum atomic E-state index is -1.42. The van der Waals surface area contributed by atoms with E-state index in [0.29, 0.717) is 32.2 Å². The van der Waals surface area contributed by atoms with Crippen molar-refractivity contribution < 1.29 is 48.1 Å². The fraction of sp³-hybridized carbons (Fsp3) is 0.590. The van der Waals surface area contributed by atoms with Gasteiger partial charge in [0.2, 0.25) is 11.8 Å². The Labute approximate surface area is 322 Å². The Bertz CT molecular complexity index is 1760. The van der Waals surface area contributed by atoms with E-state index < -0.39 is 77.2 Å². The van der Waals surface area contributed by atoms with E-state index in [1.54, 1.807) is 30.7 Å². The summed E-state index contributed by atoms with van der Waals surface area (Å²) in [5, 5.41) is 14.6. The number of rotatable bonds is 9. The van der Waals surface area contributed by atoms with Crippen LogP contribution in [0.15, 0.2) is 48.5 Å². The van der Waals surface area contributed by atoms with E-state index >= 15 is 4.79 Å². The first kappa shape index (κ1) is 36.8. The molecule has 2 aliphatic carbocycles. The zero-order valence-electron chi connectivity index (χ0n) is 30.1. The smallest absolute Gasteiger partial charge is 0.327 e. The first-order valence-electron chi connectivity index (χ1n) is 18.5. The average Bonchev–Trinajstić information content (AvgIpc) is 3.89. The summed E-state index contributed by atoms with van der Waals surface area (Å²) in [6, 6.07) is 13.3. The molecule has 5 fully saturated rings. The van der Waals surface area contributed by atoms with Gasteiger partial charge in [-0.3, -0.25) is 24.0 Å². The van der Waals surface area contributed by atoms with Gasteiger partial charge in [-0.05, 0) is 91.4 Å². The highest BCUT2D eigenvalue weighted by Gasteiger charge is 2.77. The second kappa shape index (κ2) is 13.9. The number of hydrogen-bond donors (Lipinski definition) is 2. The van der Waals surface area contributed by atoms with Gasteiger partial charge in [-0.2, -0.15) is 5.06 Å². The molecule has 4 saturated heterocycles. The number of fused-ring (bicyclic) bond motifs is 5. The Morgan fingerprint density at radius 3 is 2.43 bits per heavy atom. The Balaban J connectivity index is 1.08. The molecule has 13 nitrogen and oxygen atoms in total. The zero-order chi connectivity index (χ0) is 37.3. The fourth-order valence-electron chi connectivity index (χ4n) is 9.25. The Hall–Kier alpha value is -3.15. The van der Waals surface area contributed by atoms with Crippen LogP contribution < -0.4 is 5.32 Å². The van der Waals surface area contributed by atoms with Crippen LogP contribution in [-0.2, 0) is 62.3 Å². The first-order valence-corrected chi connectivity index (χ1v) is 19.6. The Morgan fingerprint density at radius 1 is 1.06 bits per heavy atom. The SMILES string of the molecule is CC(C)(C)OC(=O)CC[C@@H](CO)NC(=O)[C@H]1CCCN1C(=O)[C@@]12C[C@H]3OC(=O)[C@@H]1N(Cc1ccc(I)cc1)O[C@@H]2[C@H]1OC2(Cc4ccccc4C2)O[C@H]13. The van der Waals surface area contributed by atoms with Crippen LogP contribution in [0.1, 0.15) is 69.6 Å². The molecular weight excluding hydrogens is 797 g/mol. The standard InChI is InChI=1S/C39H46IN3O10/c1-37(2,3)50-29(45)15-14-26(21-44)41-34(46)27-9-6-16-42(27)36(48)39-19-28-30-31(52-38(51-30)17-23-7-4-5-8-24(23)18-38)33(39)53-43(32(39)35(47)49-28)20-22-10-12-25(40)13-11-22/h4-5,7-8,10-13,26-28,30-33,44H,6,9,14-21H2,1-3H3,(H,41,46)/t26-,27+,28+,30-,31-,32-,33+,39-/m0/s1. The van der Waals surface area contributed by atoms with E-state index in [2.05, 4.69) is 40.0 Å². The third-order valence-electron chi connectivity index (χ3n) is 11.4. The number of aliphatic hydroxyl groups is 1. The van der Waals surface area contributed by atoms with Crippen molar-refractivity contribution in [1.82, 2.24) is 15.3 Å². The predicted molar refractivity (Wildman–Crippen MR) is 195 cm³/mol. The van der Waals surface area contributed by atoms with Crippen LogP contribution in [0.3, 0.4) is 0 Å². The maximum Gasteiger partial charge on any atom is 0.327 e. The summed E-state index contributed by atoms with van der Waals surface area (Å²) in [6.45, 7) is 5.47. The molecule has 8 atom stereocenters. The number of ether oxygens (including phenoxy) is 4. The topological polar surface area (TPSA) is 153 Å². The number of aliphatic hydroxyl groups excluding tert-OH is 1. The molecule has 1 spiro atoms. The zero-order valence-corrected chi connectivity index (χ0v) is 32.3. The van der Waals surface area contributed by atoms with Crippen molar-refractivity contribution in [1.29, 1.82) is 0 Å². The molecule has 0 aromatic heterocycles. The minimum absolute atomic E-state index is 0.0109. The highest BCUT2D eigenvalue weighted by atomic mass is 127. The van der Waals surface area contributed by atoms with Gasteiger partial charge in [0.25, 0.3) is 0 Å². The summed E-state index contributed by atoms with van der Waals surface area (Å²) in [7, 11) is 0. The molecule has 1 saturated carbocycles. The van der Waals surface area contributed by atoms with Crippen LogP contribution in [0, 0.1) is 8.99 Å². The van der Waals surface area contributed by atoms with Gasteiger partial charge in [-0.15, -0.1) is 0 Å². The van der Waals surface area contributed by atoms with Gasteiger partial charge in [0.05, 0.1) is 19.2 Å². The lowest BCUT2D eigenvalue weighted by Crippen LogP contribution is -2.70. The molecule has 2 bridgehead atoms. The number of hydrogen-bond acceptors (Lipinski definition) is 11. The van der Waals surface area contributed by atoms with Crippen LogP contribution >= 0.6 is 22.6 Å².